The number of rotatable bonds is 11. The first-order valence-electron chi connectivity index (χ1n) is 15.3. The minimum absolute atomic E-state index is 0. The Labute approximate surface area is 249 Å². The number of carbonyl (C=O) groups excluding carboxylic acids is 1. The van der Waals surface area contributed by atoms with Gasteiger partial charge < -0.3 is 20.2 Å². The van der Waals surface area contributed by atoms with Gasteiger partial charge in [-0.1, -0.05) is 86.1 Å². The van der Waals surface area contributed by atoms with Gasteiger partial charge in [-0.2, -0.15) is 0 Å². The van der Waals surface area contributed by atoms with Crippen molar-refractivity contribution in [1.29, 1.82) is 0 Å². The van der Waals surface area contributed by atoms with Crippen molar-refractivity contribution < 1.29 is 6.22 Å². The highest BCUT2D eigenvalue weighted by Gasteiger charge is 2.28. The van der Waals surface area contributed by atoms with Crippen molar-refractivity contribution >= 4 is 16.8 Å². The first kappa shape index (κ1) is 27.9. The molecule has 2 atom stereocenters. The molecular weight excluding hydrogens is 520 g/mol. The Morgan fingerprint density at radius 1 is 0.952 bits per heavy atom. The zero-order valence-electron chi connectivity index (χ0n) is 24.4. The summed E-state index contributed by atoms with van der Waals surface area (Å²) in [6.07, 6.45) is 8.35. The first-order chi connectivity index (χ1) is 20.7. The van der Waals surface area contributed by atoms with Crippen LogP contribution in [-0.4, -0.2) is 38.2 Å². The van der Waals surface area contributed by atoms with Gasteiger partial charge in [0.1, 0.15) is 5.82 Å². The maximum Gasteiger partial charge on any atom is 0.237 e. The number of hydrogen-bond donors (Lipinski definition) is 3. The summed E-state index contributed by atoms with van der Waals surface area (Å²) in [5, 5.41) is 17.5. The van der Waals surface area contributed by atoms with E-state index < -0.39 is 0 Å². The standard InChI is InChI=1S/C35H40N6O.H2/c1-2-25-15-17-27(18-16-25)24-41-33(20-19-26-10-4-3-5-11-26)39-40-34(41)32(38-35(42)31-14-8-9-21-36-31)22-28-23-37-30-13-7-6-12-29(28)30;/h3-7,10-13,15-18,23,31-32,36-37H,2,8-9,14,19-22,24H2,1H3,(H,38,42);1H/t31?,32-;/m1./s1/i;1+1. The van der Waals surface area contributed by atoms with E-state index in [-0.39, 0.29) is 19.4 Å². The molecule has 3 aromatic carbocycles. The summed E-state index contributed by atoms with van der Waals surface area (Å²) in [4.78, 5) is 17.0. The Hall–Kier alpha value is -4.23. The Bertz CT molecular complexity index is 1600. The average Bonchev–Trinajstić information content (AvgIpc) is 3.64. The molecule has 1 aliphatic rings. The van der Waals surface area contributed by atoms with E-state index in [0.717, 1.165) is 73.2 Å². The van der Waals surface area contributed by atoms with Crippen LogP contribution in [0.4, 0.5) is 0 Å². The summed E-state index contributed by atoms with van der Waals surface area (Å²) >= 11 is 0. The minimum Gasteiger partial charge on any atom is -0.361 e. The summed E-state index contributed by atoms with van der Waals surface area (Å²) in [5.74, 6) is 1.77. The zero-order chi connectivity index (χ0) is 28.7. The SMILES string of the molecule is CCc1ccc(Cn2c(CCc3ccccc3)nnc2[C@@H](Cc2c[nH]c3ccccc23)NC(=O)C2CCCCN2)cc1.[2HH]. The van der Waals surface area contributed by atoms with Crippen molar-refractivity contribution in [3.63, 3.8) is 0 Å². The third-order valence-electron chi connectivity index (χ3n) is 8.46. The number of hydrogen-bond acceptors (Lipinski definition) is 4. The van der Waals surface area contributed by atoms with Gasteiger partial charge in [0.2, 0.25) is 5.91 Å². The van der Waals surface area contributed by atoms with Gasteiger partial charge in [-0.15, -0.1) is 10.2 Å². The van der Waals surface area contributed by atoms with Gasteiger partial charge in [-0.25, -0.2) is 0 Å². The summed E-state index contributed by atoms with van der Waals surface area (Å²) in [7, 11) is 0. The largest absolute Gasteiger partial charge is 0.361 e. The van der Waals surface area contributed by atoms with Crippen molar-refractivity contribution in [1.82, 2.24) is 30.4 Å². The molecule has 1 aliphatic heterocycles. The zero-order valence-corrected chi connectivity index (χ0v) is 24.4. The fourth-order valence-corrected chi connectivity index (χ4v) is 6.00. The van der Waals surface area contributed by atoms with Crippen LogP contribution in [0.15, 0.2) is 85.1 Å². The van der Waals surface area contributed by atoms with E-state index in [4.69, 9.17) is 10.2 Å². The number of aryl methyl sites for hydroxylation is 3. The summed E-state index contributed by atoms with van der Waals surface area (Å²) < 4.78 is 2.23. The summed E-state index contributed by atoms with van der Waals surface area (Å²) in [6, 6.07) is 27.1. The first-order valence-corrected chi connectivity index (χ1v) is 15.3. The van der Waals surface area contributed by atoms with Gasteiger partial charge in [-0.3, -0.25) is 4.79 Å². The van der Waals surface area contributed by atoms with E-state index in [9.17, 15) is 4.79 Å². The molecule has 2 aromatic heterocycles. The number of nitrogens with one attached hydrogen (secondary N) is 3. The second-order valence-electron chi connectivity index (χ2n) is 11.3. The third kappa shape index (κ3) is 6.47. The van der Waals surface area contributed by atoms with Crippen molar-refractivity contribution in [2.45, 2.75) is 70.5 Å². The van der Waals surface area contributed by atoms with Crippen LogP contribution >= 0.6 is 0 Å². The lowest BCUT2D eigenvalue weighted by atomic mass is 10.0. The molecule has 1 amide bonds. The summed E-state index contributed by atoms with van der Waals surface area (Å²) in [6.45, 7) is 3.70. The van der Waals surface area contributed by atoms with E-state index in [1.165, 1.54) is 16.7 Å². The molecule has 1 saturated heterocycles. The van der Waals surface area contributed by atoms with Crippen LogP contribution < -0.4 is 10.6 Å². The minimum atomic E-state index is -0.326. The van der Waals surface area contributed by atoms with Gasteiger partial charge >= 0.3 is 0 Å². The van der Waals surface area contributed by atoms with Crippen molar-refractivity contribution in [2.75, 3.05) is 6.54 Å². The van der Waals surface area contributed by atoms with E-state index in [1.807, 2.05) is 12.1 Å². The highest BCUT2D eigenvalue weighted by atomic mass is 16.2. The van der Waals surface area contributed by atoms with Crippen LogP contribution in [0.5, 0.6) is 0 Å². The van der Waals surface area contributed by atoms with E-state index in [1.54, 1.807) is 0 Å². The number of nitrogens with zero attached hydrogens (tertiary/aromatic N) is 3. The van der Waals surface area contributed by atoms with Crippen LogP contribution in [0.25, 0.3) is 10.9 Å². The lowest BCUT2D eigenvalue weighted by molar-refractivity contribution is -0.124. The van der Waals surface area contributed by atoms with Crippen molar-refractivity contribution in [2.24, 2.45) is 0 Å². The molecule has 0 spiro atoms. The number of aromatic amines is 1. The average molecular weight is 564 g/mol. The van der Waals surface area contributed by atoms with Crippen LogP contribution in [0.1, 0.15) is 67.6 Å². The van der Waals surface area contributed by atoms with Crippen molar-refractivity contribution in [3.8, 4) is 0 Å². The van der Waals surface area contributed by atoms with Crippen LogP contribution in [0, 0.1) is 0 Å². The Morgan fingerprint density at radius 3 is 2.52 bits per heavy atom. The Morgan fingerprint density at radius 2 is 1.74 bits per heavy atom. The van der Waals surface area contributed by atoms with Crippen molar-refractivity contribution in [3.05, 3.63) is 119 Å². The maximum atomic E-state index is 13.6. The molecule has 5 aromatic rings. The number of amides is 1. The number of para-hydroxylation sites is 1. The second-order valence-corrected chi connectivity index (χ2v) is 11.3. The van der Waals surface area contributed by atoms with E-state index in [2.05, 4.69) is 100 Å². The predicted molar refractivity (Wildman–Crippen MR) is 169 cm³/mol. The highest BCUT2D eigenvalue weighted by molar-refractivity contribution is 5.84. The van der Waals surface area contributed by atoms with Gasteiger partial charge in [0, 0.05) is 31.4 Å². The number of fused-ring (bicyclic) bond motifs is 1. The molecule has 7 heteroatoms. The predicted octanol–water partition coefficient (Wildman–Crippen LogP) is 5.94. The third-order valence-corrected chi connectivity index (χ3v) is 8.46. The molecule has 0 bridgehead atoms. The molecule has 0 aliphatic carbocycles. The molecule has 1 fully saturated rings. The van der Waals surface area contributed by atoms with Crippen LogP contribution in [0.3, 0.4) is 0 Å². The number of piperidine rings is 1. The quantitative estimate of drug-likeness (QED) is 0.186. The monoisotopic (exact) mass is 563 g/mol. The van der Waals surface area contributed by atoms with Gasteiger partial charge in [0.15, 0.2) is 5.82 Å². The van der Waals surface area contributed by atoms with Gasteiger partial charge in [0.25, 0.3) is 0 Å². The number of H-pyrrole nitrogens is 1. The normalized spacial score (nSPS) is 16.0. The molecular formula is C35H42N6O. The molecule has 0 saturated carbocycles. The topological polar surface area (TPSA) is 87.6 Å². The molecule has 42 heavy (non-hydrogen) atoms. The smallest absolute Gasteiger partial charge is 0.237 e. The lowest BCUT2D eigenvalue weighted by Gasteiger charge is -2.26. The molecule has 218 valence electrons. The molecule has 3 heterocycles. The maximum absolute atomic E-state index is 13.6. The number of benzene rings is 3. The highest BCUT2D eigenvalue weighted by Crippen LogP contribution is 2.26. The molecule has 7 nitrogen and oxygen atoms in total. The Balaban J connectivity index is 0.00000368. The van der Waals surface area contributed by atoms with Crippen LogP contribution in [0.2, 0.25) is 0 Å². The lowest BCUT2D eigenvalue weighted by Crippen LogP contribution is -2.48. The molecule has 1 unspecified atom stereocenters. The Kier molecular flexibility index (Phi) is 8.75. The van der Waals surface area contributed by atoms with Gasteiger partial charge in [-0.05, 0) is 60.5 Å². The van der Waals surface area contributed by atoms with E-state index in [0.29, 0.717) is 13.0 Å². The molecule has 0 radical (unpaired) electrons. The molecule has 6 rings (SSSR count). The molecule has 3 N–H and O–H groups in total. The number of aromatic nitrogens is 4. The number of carbonyl (C=O) groups is 1. The fourth-order valence-electron chi connectivity index (χ4n) is 6.00. The van der Waals surface area contributed by atoms with Crippen LogP contribution in [-0.2, 0) is 37.0 Å². The van der Waals surface area contributed by atoms with Gasteiger partial charge in [0.05, 0.1) is 18.6 Å². The summed E-state index contributed by atoms with van der Waals surface area (Å²) in [5.41, 5.74) is 6.03. The fraction of sp³-hybridized carbons (Fsp3) is 0.343. The second kappa shape index (κ2) is 13.2. The van der Waals surface area contributed by atoms with E-state index >= 15 is 0 Å².